The molecule has 0 radical (unpaired) electrons. The van der Waals surface area contributed by atoms with E-state index in [-0.39, 0.29) is 5.41 Å². The van der Waals surface area contributed by atoms with E-state index in [1.807, 2.05) is 29.9 Å². The van der Waals surface area contributed by atoms with Gasteiger partial charge in [-0.05, 0) is 62.3 Å². The van der Waals surface area contributed by atoms with E-state index in [0.29, 0.717) is 17.5 Å². The van der Waals surface area contributed by atoms with Crippen molar-refractivity contribution in [3.63, 3.8) is 0 Å². The highest BCUT2D eigenvalue weighted by Crippen LogP contribution is 2.45. The van der Waals surface area contributed by atoms with Crippen molar-refractivity contribution in [2.45, 2.75) is 38.6 Å². The summed E-state index contributed by atoms with van der Waals surface area (Å²) in [5.74, 6) is 0.807. The lowest BCUT2D eigenvalue weighted by Crippen LogP contribution is -2.51. The molecule has 1 aliphatic carbocycles. The van der Waals surface area contributed by atoms with Gasteiger partial charge in [-0.3, -0.25) is 0 Å². The minimum Gasteiger partial charge on any atom is -0.382 e. The van der Waals surface area contributed by atoms with Gasteiger partial charge in [-0.25, -0.2) is 13.1 Å². The topological polar surface area (TPSA) is 64.0 Å². The smallest absolute Gasteiger partial charge is 0.151 e. The molecule has 0 amide bonds. The van der Waals surface area contributed by atoms with Gasteiger partial charge in [0.1, 0.15) is 0 Å². The van der Waals surface area contributed by atoms with Gasteiger partial charge in [0.05, 0.1) is 17.2 Å². The maximum absolute atomic E-state index is 11.5. The Morgan fingerprint density at radius 3 is 2.58 bits per heavy atom. The zero-order valence-corrected chi connectivity index (χ0v) is 14.7. The van der Waals surface area contributed by atoms with Crippen LogP contribution in [-0.2, 0) is 9.84 Å². The molecule has 2 aliphatic rings. The minimum atomic E-state index is -2.73. The highest BCUT2D eigenvalue weighted by molar-refractivity contribution is 7.92. The number of hydrogen-bond acceptors (Lipinski definition) is 4. The number of benzene rings is 1. The Labute approximate surface area is 143 Å². The maximum atomic E-state index is 11.5. The molecule has 0 unspecified atom stereocenters. The van der Waals surface area contributed by atoms with Crippen LogP contribution in [0.4, 0.5) is 5.69 Å². The number of nitrogens with zero attached hydrogens (tertiary/aromatic N) is 2. The molecule has 6 heteroatoms. The van der Waals surface area contributed by atoms with E-state index in [2.05, 4.69) is 28.6 Å². The van der Waals surface area contributed by atoms with Crippen LogP contribution in [0.1, 0.15) is 31.4 Å². The maximum Gasteiger partial charge on any atom is 0.151 e. The molecule has 2 heterocycles. The summed E-state index contributed by atoms with van der Waals surface area (Å²) in [7, 11) is -2.73. The third-order valence-electron chi connectivity index (χ3n) is 5.39. The number of aryl methyl sites for hydroxylation is 1. The fraction of sp³-hybridized carbons (Fsp3) is 0.500. The van der Waals surface area contributed by atoms with Crippen LogP contribution < -0.4 is 5.32 Å². The van der Waals surface area contributed by atoms with Gasteiger partial charge in [0, 0.05) is 23.6 Å². The van der Waals surface area contributed by atoms with Gasteiger partial charge >= 0.3 is 0 Å². The number of nitrogens with one attached hydrogen (secondary N) is 1. The summed E-state index contributed by atoms with van der Waals surface area (Å²) in [6, 6.07) is 10.7. The summed E-state index contributed by atoms with van der Waals surface area (Å²) < 4.78 is 24.9. The number of aromatic nitrogens is 2. The monoisotopic (exact) mass is 345 g/mol. The van der Waals surface area contributed by atoms with Crippen molar-refractivity contribution >= 4 is 15.5 Å². The van der Waals surface area contributed by atoms with Gasteiger partial charge < -0.3 is 5.32 Å². The van der Waals surface area contributed by atoms with Gasteiger partial charge in [-0.2, -0.15) is 5.10 Å². The summed E-state index contributed by atoms with van der Waals surface area (Å²) in [6.45, 7) is 2.04. The van der Waals surface area contributed by atoms with Crippen molar-refractivity contribution in [1.29, 1.82) is 0 Å². The lowest BCUT2D eigenvalue weighted by atomic mass is 9.74. The molecule has 0 atom stereocenters. The van der Waals surface area contributed by atoms with Crippen molar-refractivity contribution < 1.29 is 8.42 Å². The first-order valence-corrected chi connectivity index (χ1v) is 10.4. The SMILES string of the molecule is Cc1ccnn1-c1cccc(NC2CCC3(CC2)CS(=O)(=O)C3)c1. The molecule has 1 saturated heterocycles. The Morgan fingerprint density at radius 1 is 1.21 bits per heavy atom. The van der Waals surface area contributed by atoms with E-state index in [4.69, 9.17) is 0 Å². The number of anilines is 1. The lowest BCUT2D eigenvalue weighted by Gasteiger charge is -2.46. The zero-order chi connectivity index (χ0) is 16.8. The van der Waals surface area contributed by atoms with Crippen LogP contribution in [0.2, 0.25) is 0 Å². The molecule has 1 N–H and O–H groups in total. The van der Waals surface area contributed by atoms with Crippen LogP contribution in [0.15, 0.2) is 36.5 Å². The molecular weight excluding hydrogens is 322 g/mol. The quantitative estimate of drug-likeness (QED) is 0.929. The van der Waals surface area contributed by atoms with Crippen LogP contribution in [0.3, 0.4) is 0 Å². The highest BCUT2D eigenvalue weighted by atomic mass is 32.2. The van der Waals surface area contributed by atoms with Crippen LogP contribution >= 0.6 is 0 Å². The van der Waals surface area contributed by atoms with Crippen molar-refractivity contribution in [3.8, 4) is 5.69 Å². The molecule has 5 nitrogen and oxygen atoms in total. The largest absolute Gasteiger partial charge is 0.382 e. The van der Waals surface area contributed by atoms with Gasteiger partial charge in [0.2, 0.25) is 0 Å². The Bertz CT molecular complexity index is 835. The second-order valence-corrected chi connectivity index (χ2v) is 9.45. The summed E-state index contributed by atoms with van der Waals surface area (Å²) in [5, 5.41) is 7.98. The first-order valence-electron chi connectivity index (χ1n) is 8.53. The molecule has 1 aromatic heterocycles. The molecule has 1 saturated carbocycles. The first-order chi connectivity index (χ1) is 11.4. The van der Waals surface area contributed by atoms with Crippen molar-refractivity contribution in [1.82, 2.24) is 9.78 Å². The van der Waals surface area contributed by atoms with Crippen LogP contribution in [0, 0.1) is 12.3 Å². The summed E-state index contributed by atoms with van der Waals surface area (Å²) >= 11 is 0. The third-order valence-corrected chi connectivity index (χ3v) is 7.50. The van der Waals surface area contributed by atoms with Gasteiger partial charge in [-0.15, -0.1) is 0 Å². The number of hydrogen-bond donors (Lipinski definition) is 1. The van der Waals surface area contributed by atoms with E-state index in [0.717, 1.165) is 42.8 Å². The van der Waals surface area contributed by atoms with Crippen molar-refractivity contribution in [2.75, 3.05) is 16.8 Å². The van der Waals surface area contributed by atoms with Gasteiger partial charge in [-0.1, -0.05) is 6.07 Å². The fourth-order valence-corrected chi connectivity index (χ4v) is 6.52. The molecule has 2 aromatic rings. The molecule has 0 bridgehead atoms. The second kappa shape index (κ2) is 5.62. The second-order valence-electron chi connectivity index (χ2n) is 7.39. The fourth-order valence-electron chi connectivity index (χ4n) is 4.16. The molecule has 1 aliphatic heterocycles. The zero-order valence-electron chi connectivity index (χ0n) is 13.9. The summed E-state index contributed by atoms with van der Waals surface area (Å²) in [6.07, 6.45) is 5.92. The number of rotatable bonds is 3. The molecule has 24 heavy (non-hydrogen) atoms. The predicted molar refractivity (Wildman–Crippen MR) is 95.3 cm³/mol. The Hall–Kier alpha value is -1.82. The van der Waals surface area contributed by atoms with E-state index < -0.39 is 9.84 Å². The molecular formula is C18H23N3O2S. The molecule has 2 fully saturated rings. The average molecular weight is 345 g/mol. The molecule has 1 aromatic carbocycles. The minimum absolute atomic E-state index is 0.0883. The molecule has 1 spiro atoms. The number of sulfone groups is 1. The van der Waals surface area contributed by atoms with Crippen molar-refractivity contribution in [3.05, 3.63) is 42.2 Å². The van der Waals surface area contributed by atoms with Crippen LogP contribution in [0.5, 0.6) is 0 Å². The normalized spacial score (nSPS) is 22.2. The Kier molecular flexibility index (Phi) is 3.67. The molecule has 128 valence electrons. The standard InChI is InChI=1S/C18H23N3O2S/c1-14-7-10-19-21(14)17-4-2-3-16(11-17)20-15-5-8-18(9-6-15)12-24(22,23)13-18/h2-4,7,10-11,15,20H,5-6,8-9,12-13H2,1H3. The molecule has 4 rings (SSSR count). The Balaban J connectivity index is 1.41. The summed E-state index contributed by atoms with van der Waals surface area (Å²) in [5.41, 5.74) is 3.35. The van der Waals surface area contributed by atoms with Crippen LogP contribution in [-0.4, -0.2) is 35.7 Å². The lowest BCUT2D eigenvalue weighted by molar-refractivity contribution is 0.216. The van der Waals surface area contributed by atoms with E-state index in [1.165, 1.54) is 0 Å². The van der Waals surface area contributed by atoms with Gasteiger partial charge in [0.25, 0.3) is 0 Å². The van der Waals surface area contributed by atoms with E-state index in [9.17, 15) is 8.42 Å². The van der Waals surface area contributed by atoms with Gasteiger partial charge in [0.15, 0.2) is 9.84 Å². The highest BCUT2D eigenvalue weighted by Gasteiger charge is 2.49. The van der Waals surface area contributed by atoms with E-state index >= 15 is 0 Å². The van der Waals surface area contributed by atoms with Crippen molar-refractivity contribution in [2.24, 2.45) is 5.41 Å². The first kappa shape index (κ1) is 15.7. The third kappa shape index (κ3) is 2.95. The van der Waals surface area contributed by atoms with E-state index in [1.54, 1.807) is 0 Å². The predicted octanol–water partition coefficient (Wildman–Crippen LogP) is 2.95. The average Bonchev–Trinajstić information content (AvgIpc) is 2.94. The summed E-state index contributed by atoms with van der Waals surface area (Å²) in [4.78, 5) is 0. The van der Waals surface area contributed by atoms with Crippen LogP contribution in [0.25, 0.3) is 5.69 Å². The Morgan fingerprint density at radius 2 is 1.96 bits per heavy atom.